The molecule has 0 fully saturated rings. The molecule has 13 nitrogen and oxygen atoms in total. The zero-order valence-corrected chi connectivity index (χ0v) is 28.9. The van der Waals surface area contributed by atoms with E-state index in [0.29, 0.717) is 12.0 Å². The Hall–Kier alpha value is -5.18. The maximum Gasteiger partial charge on any atom is 0.411 e. The average Bonchev–Trinajstić information content (AvgIpc) is 2.99. The highest BCUT2D eigenvalue weighted by atomic mass is 32.2. The van der Waals surface area contributed by atoms with Crippen LogP contribution in [-0.2, 0) is 43.5 Å². The Morgan fingerprint density at radius 2 is 1.69 bits per heavy atom. The van der Waals surface area contributed by atoms with Crippen molar-refractivity contribution < 1.29 is 46.6 Å². The zero-order chi connectivity index (χ0) is 36.7. The second-order valence-electron chi connectivity index (χ2n) is 12.3. The third kappa shape index (κ3) is 10.9. The minimum Gasteiger partial charge on any atom is -0.479 e. The minimum atomic E-state index is -3.67. The maximum atomic E-state index is 14.4. The first-order valence-electron chi connectivity index (χ1n) is 15.2. The highest BCUT2D eigenvalue weighted by Gasteiger charge is 2.24. The summed E-state index contributed by atoms with van der Waals surface area (Å²) < 4.78 is 50.0. The molecule has 0 aliphatic heterocycles. The number of carbonyl (C=O) groups is 4. The van der Waals surface area contributed by atoms with Gasteiger partial charge in [-0.1, -0.05) is 25.1 Å². The van der Waals surface area contributed by atoms with Crippen molar-refractivity contribution in [3.63, 3.8) is 0 Å². The Balaban J connectivity index is 1.70. The van der Waals surface area contributed by atoms with Crippen LogP contribution < -0.4 is 16.4 Å². The van der Waals surface area contributed by atoms with Gasteiger partial charge in [-0.3, -0.25) is 10.1 Å². The van der Waals surface area contributed by atoms with Crippen LogP contribution >= 0.6 is 0 Å². The van der Waals surface area contributed by atoms with Gasteiger partial charge in [-0.05, 0) is 85.8 Å². The molecule has 3 amide bonds. The molecule has 3 aromatic rings. The Morgan fingerprint density at radius 1 is 1.00 bits per heavy atom. The van der Waals surface area contributed by atoms with Gasteiger partial charge in [-0.25, -0.2) is 27.2 Å². The average molecular weight is 701 g/mol. The summed E-state index contributed by atoms with van der Waals surface area (Å²) in [5, 5.41) is 15.1. The number of rotatable bonds is 13. The number of anilines is 2. The van der Waals surface area contributed by atoms with Gasteiger partial charge in [0.15, 0.2) is 15.9 Å². The lowest BCUT2D eigenvalue weighted by atomic mass is 9.96. The molecule has 264 valence electrons. The molecule has 5 N–H and O–H groups in total. The van der Waals surface area contributed by atoms with Gasteiger partial charge < -0.3 is 30.5 Å². The van der Waals surface area contributed by atoms with Crippen LogP contribution in [0.2, 0.25) is 0 Å². The number of nitrogens with two attached hydrogens (primary N) is 1. The molecule has 0 aromatic heterocycles. The van der Waals surface area contributed by atoms with Crippen LogP contribution in [0.15, 0.2) is 59.5 Å². The van der Waals surface area contributed by atoms with E-state index in [4.69, 9.17) is 15.2 Å². The van der Waals surface area contributed by atoms with Crippen molar-refractivity contribution in [1.82, 2.24) is 4.90 Å². The summed E-state index contributed by atoms with van der Waals surface area (Å²) >= 11 is 0. The molecule has 3 aromatic carbocycles. The number of nitrogens with one attached hydrogen (secondary N) is 2. The van der Waals surface area contributed by atoms with Crippen LogP contribution in [0.1, 0.15) is 66.3 Å². The van der Waals surface area contributed by atoms with Crippen LogP contribution in [0.25, 0.3) is 0 Å². The molecular weight excluding hydrogens is 659 g/mol. The molecule has 0 radical (unpaired) electrons. The lowest BCUT2D eigenvalue weighted by Crippen LogP contribution is -2.34. The van der Waals surface area contributed by atoms with Gasteiger partial charge in [0.2, 0.25) is 5.91 Å². The number of carbonyl (C=O) groups excluding carboxylic acids is 3. The fourth-order valence-corrected chi connectivity index (χ4v) is 5.76. The van der Waals surface area contributed by atoms with Crippen molar-refractivity contribution in [2.24, 2.45) is 5.73 Å². The van der Waals surface area contributed by atoms with E-state index in [2.05, 4.69) is 10.6 Å². The van der Waals surface area contributed by atoms with E-state index >= 15 is 0 Å². The van der Waals surface area contributed by atoms with Gasteiger partial charge in [0, 0.05) is 31.0 Å². The molecular formula is C34H41FN4O9S. The predicted octanol–water partition coefficient (Wildman–Crippen LogP) is 5.29. The minimum absolute atomic E-state index is 0.0120. The Morgan fingerprint density at radius 3 is 2.29 bits per heavy atom. The number of benzene rings is 3. The second kappa shape index (κ2) is 15.8. The van der Waals surface area contributed by atoms with Crippen LogP contribution in [0.3, 0.4) is 0 Å². The molecule has 0 aliphatic carbocycles. The van der Waals surface area contributed by atoms with E-state index in [9.17, 15) is 37.1 Å². The molecule has 15 heteroatoms. The van der Waals surface area contributed by atoms with Gasteiger partial charge in [0.25, 0.3) is 0 Å². The molecule has 0 heterocycles. The first kappa shape index (κ1) is 38.3. The molecule has 1 atom stereocenters. The zero-order valence-electron chi connectivity index (χ0n) is 28.1. The monoisotopic (exact) mass is 700 g/mol. The summed E-state index contributed by atoms with van der Waals surface area (Å²) in [5.41, 5.74) is 6.74. The Kier molecular flexibility index (Phi) is 12.3. The molecule has 0 bridgehead atoms. The number of carboxylic acids is 1. The number of sulfone groups is 1. The number of ether oxygens (including phenoxy) is 2. The predicted molar refractivity (Wildman–Crippen MR) is 181 cm³/mol. The number of amides is 3. The summed E-state index contributed by atoms with van der Waals surface area (Å²) in [6.45, 7) is 6.85. The van der Waals surface area contributed by atoms with Gasteiger partial charge in [0.1, 0.15) is 11.4 Å². The first-order chi connectivity index (χ1) is 22.8. The fraction of sp³-hybridized carbons (Fsp3) is 0.353. The summed E-state index contributed by atoms with van der Waals surface area (Å²) in [6.07, 6.45) is 0.392. The van der Waals surface area contributed by atoms with Crippen LogP contribution in [-0.4, -0.2) is 68.0 Å². The molecule has 0 saturated carbocycles. The van der Waals surface area contributed by atoms with Crippen molar-refractivity contribution in [1.29, 1.82) is 0 Å². The molecule has 0 saturated heterocycles. The van der Waals surface area contributed by atoms with E-state index in [0.717, 1.165) is 29.5 Å². The van der Waals surface area contributed by atoms with Gasteiger partial charge >= 0.3 is 18.2 Å². The SMILES string of the molecule is CCc1cc(C(Nc2cc(C(N)=O)ccc2F)C(=O)O)ccc1CCOC(=O)Nc1ccc(S(C)(=O)=O)c(CN(C)C(=O)OC(C)(C)C)c1. The number of halogens is 1. The number of nitrogens with zero attached hydrogens (tertiary/aromatic N) is 1. The smallest absolute Gasteiger partial charge is 0.411 e. The van der Waals surface area contributed by atoms with Crippen molar-refractivity contribution in [2.75, 3.05) is 30.5 Å². The van der Waals surface area contributed by atoms with Crippen LogP contribution in [0.4, 0.5) is 25.4 Å². The van der Waals surface area contributed by atoms with Crippen molar-refractivity contribution >= 4 is 45.3 Å². The normalized spacial score (nSPS) is 12.1. The second-order valence-corrected chi connectivity index (χ2v) is 14.3. The summed E-state index contributed by atoms with van der Waals surface area (Å²) in [5.74, 6) is -2.82. The first-order valence-corrected chi connectivity index (χ1v) is 17.1. The van der Waals surface area contributed by atoms with Crippen LogP contribution in [0.5, 0.6) is 0 Å². The highest BCUT2D eigenvalue weighted by Crippen LogP contribution is 2.27. The van der Waals surface area contributed by atoms with E-state index in [1.54, 1.807) is 39.0 Å². The van der Waals surface area contributed by atoms with Crippen molar-refractivity contribution in [2.45, 2.75) is 63.6 Å². The quantitative estimate of drug-likeness (QED) is 0.182. The van der Waals surface area contributed by atoms with Crippen LogP contribution in [0, 0.1) is 5.82 Å². The van der Waals surface area contributed by atoms with Gasteiger partial charge in [-0.15, -0.1) is 0 Å². The summed E-state index contributed by atoms with van der Waals surface area (Å²) in [4.78, 5) is 50.0. The Bertz CT molecular complexity index is 1840. The fourth-order valence-electron chi connectivity index (χ4n) is 4.84. The molecule has 1 unspecified atom stereocenters. The van der Waals surface area contributed by atoms with E-state index in [1.165, 1.54) is 36.2 Å². The highest BCUT2D eigenvalue weighted by molar-refractivity contribution is 7.90. The Labute approximate surface area is 284 Å². The molecule has 0 spiro atoms. The number of hydrogen-bond acceptors (Lipinski definition) is 9. The molecule has 3 rings (SSSR count). The third-order valence-corrected chi connectivity index (χ3v) is 8.36. The van der Waals surface area contributed by atoms with E-state index in [1.807, 2.05) is 6.92 Å². The van der Waals surface area contributed by atoms with Gasteiger partial charge in [-0.2, -0.15) is 0 Å². The number of aliphatic carboxylic acids is 1. The largest absolute Gasteiger partial charge is 0.479 e. The van der Waals surface area contributed by atoms with E-state index < -0.39 is 51.4 Å². The number of aryl methyl sites for hydroxylation is 1. The topological polar surface area (TPSA) is 194 Å². The number of carboxylic acid groups (broad SMARTS) is 1. The lowest BCUT2D eigenvalue weighted by molar-refractivity contribution is -0.138. The van der Waals surface area contributed by atoms with Gasteiger partial charge in [0.05, 0.1) is 23.7 Å². The molecule has 49 heavy (non-hydrogen) atoms. The summed E-state index contributed by atoms with van der Waals surface area (Å²) in [6, 6.07) is 11.1. The van der Waals surface area contributed by atoms with E-state index in [-0.39, 0.29) is 47.0 Å². The summed E-state index contributed by atoms with van der Waals surface area (Å²) in [7, 11) is -2.20. The van der Waals surface area contributed by atoms with Crippen molar-refractivity contribution in [3.8, 4) is 0 Å². The number of hydrogen-bond donors (Lipinski definition) is 4. The maximum absolute atomic E-state index is 14.4. The van der Waals surface area contributed by atoms with Crippen molar-refractivity contribution in [3.05, 3.63) is 88.2 Å². The lowest BCUT2D eigenvalue weighted by Gasteiger charge is -2.25. The molecule has 0 aliphatic rings. The third-order valence-electron chi connectivity index (χ3n) is 7.17. The number of primary amides is 1. The standard InChI is InChI=1S/C34H41FN4O9S/c1-7-20-16-22(29(31(41)42)38-27-18-23(30(36)40)10-12-26(27)35)9-8-21(20)14-15-47-32(43)37-25-11-13-28(49(6,45)46)24(17-25)19-39(5)33(44)48-34(2,3)4/h8-13,16-18,29,38H,7,14-15,19H2,1-6H3,(H2,36,40)(H,37,43)(H,41,42).